The van der Waals surface area contributed by atoms with Gasteiger partial charge in [-0.25, -0.2) is 18.0 Å². The molecule has 5 nitrogen and oxygen atoms in total. The smallest absolute Gasteiger partial charge is 0.344 e. The molecule has 0 aliphatic rings. The van der Waals surface area contributed by atoms with Gasteiger partial charge in [-0.3, -0.25) is 4.79 Å². The molecule has 0 spiro atoms. The molecule has 2 aromatic rings. The number of carbonyl (C=O) groups is 2. The third kappa shape index (κ3) is 4.60. The number of hydrogen-bond acceptors (Lipinski definition) is 4. The topological polar surface area (TPSA) is 70.4 Å². The average molecular weight is 362 g/mol. The summed E-state index contributed by atoms with van der Waals surface area (Å²) in [5.74, 6) is -4.78. The van der Waals surface area contributed by atoms with Crippen LogP contribution in [-0.2, 0) is 9.53 Å². The zero-order valence-electron chi connectivity index (χ0n) is 13.4. The fraction of sp³-hybridized carbons (Fsp3) is 0.167. The van der Waals surface area contributed by atoms with Gasteiger partial charge in [-0.2, -0.15) is 5.26 Å². The quantitative estimate of drug-likeness (QED) is 0.740. The van der Waals surface area contributed by atoms with E-state index in [0.29, 0.717) is 5.69 Å². The van der Waals surface area contributed by atoms with Crippen LogP contribution in [-0.4, -0.2) is 25.0 Å². The summed E-state index contributed by atoms with van der Waals surface area (Å²) in [6.45, 7) is -0.817. The number of amides is 1. The van der Waals surface area contributed by atoms with E-state index in [1.807, 2.05) is 6.07 Å². The van der Waals surface area contributed by atoms with Gasteiger partial charge in [-0.05, 0) is 36.4 Å². The van der Waals surface area contributed by atoms with E-state index in [0.717, 1.165) is 35.2 Å². The molecule has 0 atom stereocenters. The first-order chi connectivity index (χ1) is 12.4. The Kier molecular flexibility index (Phi) is 6.33. The number of carbonyl (C=O) groups excluding carboxylic acids is 2. The largest absolute Gasteiger partial charge is 0.452 e. The van der Waals surface area contributed by atoms with E-state index in [1.54, 1.807) is 0 Å². The summed E-state index contributed by atoms with van der Waals surface area (Å²) in [4.78, 5) is 25.3. The molecular formula is C18H13F3N2O3. The standard InChI is InChI=1S/C18H13F3N2O3/c19-12-5-7-13(8-6-12)23(10-2-9-22)16(24)11-26-18(25)17-14(20)3-1-4-15(17)21/h1,3-8H,2,10-11H2. The number of benzene rings is 2. The predicted molar refractivity (Wildman–Crippen MR) is 85.6 cm³/mol. The molecule has 0 heterocycles. The van der Waals surface area contributed by atoms with E-state index < -0.39 is 41.5 Å². The summed E-state index contributed by atoms with van der Waals surface area (Å²) in [6.07, 6.45) is -0.0149. The van der Waals surface area contributed by atoms with Gasteiger partial charge in [0.25, 0.3) is 5.91 Å². The second-order valence-electron chi connectivity index (χ2n) is 5.10. The van der Waals surface area contributed by atoms with E-state index >= 15 is 0 Å². The molecule has 0 aliphatic heterocycles. The molecule has 134 valence electrons. The second kappa shape index (κ2) is 8.67. The van der Waals surface area contributed by atoms with Crippen LogP contribution in [0.5, 0.6) is 0 Å². The number of anilines is 1. The summed E-state index contributed by atoms with van der Waals surface area (Å²) in [5.41, 5.74) is -0.606. The van der Waals surface area contributed by atoms with Gasteiger partial charge in [0, 0.05) is 12.2 Å². The van der Waals surface area contributed by atoms with Crippen molar-refractivity contribution in [3.8, 4) is 6.07 Å². The fourth-order valence-electron chi connectivity index (χ4n) is 2.15. The van der Waals surface area contributed by atoms with Crippen LogP contribution in [0.4, 0.5) is 18.9 Å². The van der Waals surface area contributed by atoms with Gasteiger partial charge >= 0.3 is 5.97 Å². The first-order valence-corrected chi connectivity index (χ1v) is 7.48. The summed E-state index contributed by atoms with van der Waals surface area (Å²) in [7, 11) is 0. The minimum Gasteiger partial charge on any atom is -0.452 e. The van der Waals surface area contributed by atoms with Crippen LogP contribution in [0.25, 0.3) is 0 Å². The Balaban J connectivity index is 2.10. The zero-order chi connectivity index (χ0) is 19.1. The summed E-state index contributed by atoms with van der Waals surface area (Å²) in [5, 5.41) is 8.70. The van der Waals surface area contributed by atoms with E-state index in [4.69, 9.17) is 10.00 Å². The van der Waals surface area contributed by atoms with Crippen molar-refractivity contribution in [2.24, 2.45) is 0 Å². The maximum absolute atomic E-state index is 13.5. The Labute approximate surface area is 147 Å². The van der Waals surface area contributed by atoms with Gasteiger partial charge in [0.15, 0.2) is 6.61 Å². The van der Waals surface area contributed by atoms with Crippen molar-refractivity contribution >= 4 is 17.6 Å². The Morgan fingerprint density at radius 3 is 2.23 bits per heavy atom. The Hall–Kier alpha value is -3.34. The van der Waals surface area contributed by atoms with E-state index in [2.05, 4.69) is 0 Å². The summed E-state index contributed by atoms with van der Waals surface area (Å²) < 4.78 is 44.8. The molecule has 8 heteroatoms. The molecule has 0 fully saturated rings. The monoisotopic (exact) mass is 362 g/mol. The molecular weight excluding hydrogens is 349 g/mol. The van der Waals surface area contributed by atoms with Gasteiger partial charge in [0.1, 0.15) is 23.0 Å². The van der Waals surface area contributed by atoms with E-state index in [9.17, 15) is 22.8 Å². The lowest BCUT2D eigenvalue weighted by atomic mass is 10.2. The highest BCUT2D eigenvalue weighted by Gasteiger charge is 2.22. The van der Waals surface area contributed by atoms with Crippen LogP contribution >= 0.6 is 0 Å². The molecule has 0 aromatic heterocycles. The SMILES string of the molecule is N#CCCN(C(=O)COC(=O)c1c(F)cccc1F)c1ccc(F)cc1. The van der Waals surface area contributed by atoms with Gasteiger partial charge in [-0.1, -0.05) is 6.07 Å². The van der Waals surface area contributed by atoms with Crippen LogP contribution in [0.1, 0.15) is 16.8 Å². The average Bonchev–Trinajstić information content (AvgIpc) is 2.61. The normalized spacial score (nSPS) is 10.1. The number of esters is 1. The molecule has 0 saturated heterocycles. The third-order valence-electron chi connectivity index (χ3n) is 3.38. The molecule has 26 heavy (non-hydrogen) atoms. The minimum absolute atomic E-state index is 0.0149. The third-order valence-corrected chi connectivity index (χ3v) is 3.38. The molecule has 0 unspecified atom stereocenters. The molecule has 0 aliphatic carbocycles. The number of nitrogens with zero attached hydrogens (tertiary/aromatic N) is 2. The van der Waals surface area contributed by atoms with Gasteiger partial charge in [0.2, 0.25) is 0 Å². The number of hydrogen-bond donors (Lipinski definition) is 0. The summed E-state index contributed by atoms with van der Waals surface area (Å²) >= 11 is 0. The first-order valence-electron chi connectivity index (χ1n) is 7.48. The lowest BCUT2D eigenvalue weighted by molar-refractivity contribution is -0.121. The van der Waals surface area contributed by atoms with Crippen molar-refractivity contribution in [3.63, 3.8) is 0 Å². The Morgan fingerprint density at radius 1 is 1.04 bits per heavy atom. The van der Waals surface area contributed by atoms with Crippen molar-refractivity contribution in [3.05, 3.63) is 65.5 Å². The van der Waals surface area contributed by atoms with Gasteiger partial charge in [0.05, 0.1) is 12.5 Å². The Bertz CT molecular complexity index is 828. The lowest BCUT2D eigenvalue weighted by Gasteiger charge is -2.21. The number of ether oxygens (including phenoxy) is 1. The molecule has 2 aromatic carbocycles. The van der Waals surface area contributed by atoms with E-state index in [1.165, 1.54) is 12.1 Å². The molecule has 0 N–H and O–H groups in total. The van der Waals surface area contributed by atoms with Crippen molar-refractivity contribution in [2.45, 2.75) is 6.42 Å². The van der Waals surface area contributed by atoms with Crippen LogP contribution in [0.3, 0.4) is 0 Å². The minimum atomic E-state index is -1.33. The van der Waals surface area contributed by atoms with Crippen molar-refractivity contribution in [1.29, 1.82) is 5.26 Å². The van der Waals surface area contributed by atoms with E-state index in [-0.39, 0.29) is 13.0 Å². The molecule has 1 amide bonds. The van der Waals surface area contributed by atoms with Crippen LogP contribution in [0, 0.1) is 28.8 Å². The number of halogens is 3. The zero-order valence-corrected chi connectivity index (χ0v) is 13.4. The molecule has 0 bridgehead atoms. The molecule has 0 saturated carbocycles. The molecule has 2 rings (SSSR count). The van der Waals surface area contributed by atoms with Crippen molar-refractivity contribution in [1.82, 2.24) is 0 Å². The van der Waals surface area contributed by atoms with Crippen LogP contribution in [0.15, 0.2) is 42.5 Å². The van der Waals surface area contributed by atoms with Crippen LogP contribution < -0.4 is 4.90 Å². The predicted octanol–water partition coefficient (Wildman–Crippen LogP) is 3.21. The first kappa shape index (κ1) is 19.0. The van der Waals surface area contributed by atoms with Crippen molar-refractivity contribution in [2.75, 3.05) is 18.1 Å². The Morgan fingerprint density at radius 2 is 1.65 bits per heavy atom. The maximum Gasteiger partial charge on any atom is 0.344 e. The fourth-order valence-corrected chi connectivity index (χ4v) is 2.15. The van der Waals surface area contributed by atoms with Gasteiger partial charge < -0.3 is 9.64 Å². The second-order valence-corrected chi connectivity index (χ2v) is 5.10. The van der Waals surface area contributed by atoms with Gasteiger partial charge in [-0.15, -0.1) is 0 Å². The highest BCUT2D eigenvalue weighted by molar-refractivity contribution is 5.97. The molecule has 0 radical (unpaired) electrons. The number of rotatable bonds is 6. The number of nitriles is 1. The highest BCUT2D eigenvalue weighted by Crippen LogP contribution is 2.17. The summed E-state index contributed by atoms with van der Waals surface area (Å²) in [6, 6.07) is 9.63. The highest BCUT2D eigenvalue weighted by atomic mass is 19.1. The van der Waals surface area contributed by atoms with Crippen molar-refractivity contribution < 1.29 is 27.5 Å². The maximum atomic E-state index is 13.5. The lowest BCUT2D eigenvalue weighted by Crippen LogP contribution is -2.35. The van der Waals surface area contributed by atoms with Crippen LogP contribution in [0.2, 0.25) is 0 Å².